The van der Waals surface area contributed by atoms with Gasteiger partial charge in [-0.15, -0.1) is 0 Å². The largest absolute Gasteiger partial charge is 0.399 e. The van der Waals surface area contributed by atoms with Crippen LogP contribution in [0.1, 0.15) is 30.6 Å². The quantitative estimate of drug-likeness (QED) is 0.806. The fourth-order valence-electron chi connectivity index (χ4n) is 2.14. The molecule has 0 saturated carbocycles. The molecule has 0 bridgehead atoms. The molecule has 0 spiro atoms. The smallest absolute Gasteiger partial charge is 0.254 e. The number of rotatable bonds is 1. The van der Waals surface area contributed by atoms with Gasteiger partial charge < -0.3 is 10.6 Å². The van der Waals surface area contributed by atoms with E-state index < -0.39 is 5.82 Å². The summed E-state index contributed by atoms with van der Waals surface area (Å²) in [4.78, 5) is 14.2. The van der Waals surface area contributed by atoms with Crippen molar-refractivity contribution in [2.75, 3.05) is 24.6 Å². The summed E-state index contributed by atoms with van der Waals surface area (Å²) in [6, 6.07) is 4.01. The summed E-state index contributed by atoms with van der Waals surface area (Å²) < 4.78 is 13.5. The van der Waals surface area contributed by atoms with Crippen LogP contribution in [0.5, 0.6) is 0 Å². The Hall–Kier alpha value is -1.23. The molecule has 1 saturated heterocycles. The van der Waals surface area contributed by atoms with Gasteiger partial charge in [-0.2, -0.15) is 11.8 Å². The maximum atomic E-state index is 13.3. The van der Waals surface area contributed by atoms with Gasteiger partial charge in [-0.25, -0.2) is 4.39 Å². The Morgan fingerprint density at radius 2 is 2.11 bits per heavy atom. The van der Waals surface area contributed by atoms with Crippen LogP contribution in [0.3, 0.4) is 0 Å². The molecule has 2 N–H and O–H groups in total. The maximum Gasteiger partial charge on any atom is 0.254 e. The molecule has 0 aliphatic carbocycles. The molecule has 0 unspecified atom stereocenters. The molecule has 1 fully saturated rings. The van der Waals surface area contributed by atoms with Crippen molar-refractivity contribution in [1.29, 1.82) is 0 Å². The van der Waals surface area contributed by atoms with Crippen LogP contribution in [0, 0.1) is 5.82 Å². The standard InChI is InChI=1S/C14H19FN2OS/c1-14(2)3-4-17(5-6-19-14)13(18)10-7-11(15)9-12(16)8-10/h7-9H,3-6,16H2,1-2H3. The molecule has 1 amide bonds. The number of hydrogen-bond donors (Lipinski definition) is 1. The number of nitrogens with two attached hydrogens (primary N) is 1. The highest BCUT2D eigenvalue weighted by Gasteiger charge is 2.26. The van der Waals surface area contributed by atoms with Gasteiger partial charge in [0.05, 0.1) is 0 Å². The zero-order valence-corrected chi connectivity index (χ0v) is 12.1. The van der Waals surface area contributed by atoms with Gasteiger partial charge in [0.2, 0.25) is 0 Å². The Balaban J connectivity index is 2.15. The monoisotopic (exact) mass is 282 g/mol. The number of carbonyl (C=O) groups excluding carboxylic acids is 1. The van der Waals surface area contributed by atoms with E-state index in [0.717, 1.165) is 12.2 Å². The Morgan fingerprint density at radius 3 is 2.79 bits per heavy atom. The molecule has 104 valence electrons. The first kappa shape index (κ1) is 14.2. The van der Waals surface area contributed by atoms with E-state index in [1.165, 1.54) is 18.2 Å². The van der Waals surface area contributed by atoms with E-state index in [0.29, 0.717) is 18.7 Å². The SMILES string of the molecule is CC1(C)CCN(C(=O)c2cc(N)cc(F)c2)CCS1. The van der Waals surface area contributed by atoms with Gasteiger partial charge >= 0.3 is 0 Å². The van der Waals surface area contributed by atoms with Crippen molar-refractivity contribution in [2.45, 2.75) is 25.0 Å². The highest BCUT2D eigenvalue weighted by atomic mass is 32.2. The maximum absolute atomic E-state index is 13.3. The van der Waals surface area contributed by atoms with Gasteiger partial charge in [0.25, 0.3) is 5.91 Å². The fourth-order valence-corrected chi connectivity index (χ4v) is 3.24. The van der Waals surface area contributed by atoms with Crippen LogP contribution in [0.15, 0.2) is 18.2 Å². The van der Waals surface area contributed by atoms with E-state index in [1.807, 2.05) is 11.8 Å². The molecule has 1 aromatic rings. The lowest BCUT2D eigenvalue weighted by molar-refractivity contribution is 0.0764. The molecule has 1 heterocycles. The van der Waals surface area contributed by atoms with Crippen LogP contribution < -0.4 is 5.73 Å². The van der Waals surface area contributed by atoms with Crippen LogP contribution in [0.2, 0.25) is 0 Å². The van der Waals surface area contributed by atoms with Crippen molar-refractivity contribution in [3.8, 4) is 0 Å². The van der Waals surface area contributed by atoms with Crippen LogP contribution in [-0.4, -0.2) is 34.4 Å². The Labute approximate surface area is 117 Å². The third kappa shape index (κ3) is 3.62. The number of halogens is 1. The molecule has 3 nitrogen and oxygen atoms in total. The van der Waals surface area contributed by atoms with Crippen LogP contribution in [0.4, 0.5) is 10.1 Å². The van der Waals surface area contributed by atoms with Crippen LogP contribution in [0.25, 0.3) is 0 Å². The molecule has 1 aromatic carbocycles. The molecular formula is C14H19FN2OS. The summed E-state index contributed by atoms with van der Waals surface area (Å²) in [5.41, 5.74) is 6.21. The molecule has 19 heavy (non-hydrogen) atoms. The van der Waals surface area contributed by atoms with E-state index in [1.54, 1.807) is 4.90 Å². The first-order valence-corrected chi connectivity index (χ1v) is 7.35. The number of carbonyl (C=O) groups is 1. The van der Waals surface area contributed by atoms with Crippen molar-refractivity contribution in [3.05, 3.63) is 29.6 Å². The molecule has 5 heteroatoms. The number of nitrogen functional groups attached to an aromatic ring is 1. The van der Waals surface area contributed by atoms with E-state index in [9.17, 15) is 9.18 Å². The second kappa shape index (κ2) is 5.41. The first-order chi connectivity index (χ1) is 8.87. The summed E-state index contributed by atoms with van der Waals surface area (Å²) in [5, 5.41) is 0. The number of amides is 1. The third-order valence-electron chi connectivity index (χ3n) is 3.29. The first-order valence-electron chi connectivity index (χ1n) is 6.37. The van der Waals surface area contributed by atoms with Crippen molar-refractivity contribution < 1.29 is 9.18 Å². The lowest BCUT2D eigenvalue weighted by atomic mass is 10.1. The normalized spacial score (nSPS) is 19.0. The number of benzene rings is 1. The lowest BCUT2D eigenvalue weighted by Gasteiger charge is -2.22. The summed E-state index contributed by atoms with van der Waals surface area (Å²) in [6.07, 6.45) is 0.939. The van der Waals surface area contributed by atoms with Crippen LogP contribution in [-0.2, 0) is 0 Å². The molecule has 2 rings (SSSR count). The molecular weight excluding hydrogens is 263 g/mol. The minimum atomic E-state index is -0.465. The number of anilines is 1. The van der Waals surface area contributed by atoms with Gasteiger partial charge in [0.15, 0.2) is 0 Å². The van der Waals surface area contributed by atoms with E-state index in [-0.39, 0.29) is 16.3 Å². The minimum absolute atomic E-state index is 0.135. The predicted molar refractivity (Wildman–Crippen MR) is 77.9 cm³/mol. The average Bonchev–Trinajstić information content (AvgIpc) is 2.48. The van der Waals surface area contributed by atoms with Gasteiger partial charge in [0, 0.05) is 34.8 Å². The summed E-state index contributed by atoms with van der Waals surface area (Å²) >= 11 is 1.87. The van der Waals surface area contributed by atoms with Gasteiger partial charge in [-0.3, -0.25) is 4.79 Å². The lowest BCUT2D eigenvalue weighted by Crippen LogP contribution is -2.33. The second-order valence-electron chi connectivity index (χ2n) is 5.42. The predicted octanol–water partition coefficient (Wildman–Crippen LogP) is 2.77. The minimum Gasteiger partial charge on any atom is -0.399 e. The Morgan fingerprint density at radius 1 is 1.37 bits per heavy atom. The number of nitrogens with zero attached hydrogens (tertiary/aromatic N) is 1. The molecule has 1 aliphatic heterocycles. The zero-order valence-electron chi connectivity index (χ0n) is 11.3. The fraction of sp³-hybridized carbons (Fsp3) is 0.500. The van der Waals surface area contributed by atoms with Crippen molar-refractivity contribution in [1.82, 2.24) is 4.90 Å². The van der Waals surface area contributed by atoms with Crippen molar-refractivity contribution >= 4 is 23.4 Å². The van der Waals surface area contributed by atoms with E-state index in [4.69, 9.17) is 5.73 Å². The third-order valence-corrected chi connectivity index (χ3v) is 4.66. The highest BCUT2D eigenvalue weighted by molar-refractivity contribution is 8.00. The molecule has 0 radical (unpaired) electrons. The van der Waals surface area contributed by atoms with Gasteiger partial charge in [-0.1, -0.05) is 13.8 Å². The van der Waals surface area contributed by atoms with Gasteiger partial charge in [0.1, 0.15) is 5.82 Å². The number of hydrogen-bond acceptors (Lipinski definition) is 3. The summed E-state index contributed by atoms with van der Waals surface area (Å²) in [5.74, 6) is 0.307. The zero-order chi connectivity index (χ0) is 14.0. The topological polar surface area (TPSA) is 46.3 Å². The van der Waals surface area contributed by atoms with E-state index >= 15 is 0 Å². The Kier molecular flexibility index (Phi) is 4.04. The summed E-state index contributed by atoms with van der Waals surface area (Å²) in [7, 11) is 0. The van der Waals surface area contributed by atoms with Gasteiger partial charge in [-0.05, 0) is 24.6 Å². The summed E-state index contributed by atoms with van der Waals surface area (Å²) in [6.45, 7) is 5.77. The molecule has 0 atom stereocenters. The van der Waals surface area contributed by atoms with E-state index in [2.05, 4.69) is 13.8 Å². The van der Waals surface area contributed by atoms with Crippen molar-refractivity contribution in [2.24, 2.45) is 0 Å². The molecule has 1 aliphatic rings. The molecule has 0 aromatic heterocycles. The average molecular weight is 282 g/mol. The van der Waals surface area contributed by atoms with Crippen molar-refractivity contribution in [3.63, 3.8) is 0 Å². The number of thioether (sulfide) groups is 1. The Bertz CT molecular complexity index is 470. The van der Waals surface area contributed by atoms with Crippen LogP contribution >= 0.6 is 11.8 Å². The second-order valence-corrected chi connectivity index (χ2v) is 7.23. The highest BCUT2D eigenvalue weighted by Crippen LogP contribution is 2.31.